The van der Waals surface area contributed by atoms with E-state index in [9.17, 15) is 9.59 Å². The first-order chi connectivity index (χ1) is 12.0. The van der Waals surface area contributed by atoms with Crippen molar-refractivity contribution in [3.63, 3.8) is 0 Å². The Kier molecular flexibility index (Phi) is 6.94. The lowest BCUT2D eigenvalue weighted by Gasteiger charge is -2.11. The quantitative estimate of drug-likeness (QED) is 0.707. The van der Waals surface area contributed by atoms with Crippen molar-refractivity contribution in [1.82, 2.24) is 15.5 Å². The zero-order valence-corrected chi connectivity index (χ0v) is 14.6. The number of carboxylic acid groups (broad SMARTS) is 1. The van der Waals surface area contributed by atoms with Crippen LogP contribution in [0.25, 0.3) is 11.4 Å². The third kappa shape index (κ3) is 5.86. The Balaban J connectivity index is 1.82. The van der Waals surface area contributed by atoms with Gasteiger partial charge in [0.1, 0.15) is 0 Å². The molecule has 1 atom stereocenters. The molecule has 0 saturated carbocycles. The molecular formula is C17H20ClN3O4. The molecule has 0 radical (unpaired) electrons. The smallest absolute Gasteiger partial charge is 0.308 e. The van der Waals surface area contributed by atoms with E-state index >= 15 is 0 Å². The minimum absolute atomic E-state index is 0.127. The van der Waals surface area contributed by atoms with E-state index in [1.54, 1.807) is 24.3 Å². The molecule has 134 valence electrons. The van der Waals surface area contributed by atoms with Crippen LogP contribution in [0.2, 0.25) is 5.02 Å². The molecule has 1 unspecified atom stereocenters. The molecule has 2 rings (SSSR count). The highest BCUT2D eigenvalue weighted by molar-refractivity contribution is 6.30. The Morgan fingerprint density at radius 1 is 1.32 bits per heavy atom. The zero-order chi connectivity index (χ0) is 18.2. The summed E-state index contributed by atoms with van der Waals surface area (Å²) in [5.74, 6) is -0.918. The van der Waals surface area contributed by atoms with E-state index in [0.29, 0.717) is 23.2 Å². The van der Waals surface area contributed by atoms with Crippen LogP contribution in [0, 0.1) is 5.92 Å². The highest BCUT2D eigenvalue weighted by Crippen LogP contribution is 2.19. The van der Waals surface area contributed by atoms with E-state index in [0.717, 1.165) is 12.0 Å². The summed E-state index contributed by atoms with van der Waals surface area (Å²) < 4.78 is 5.13. The largest absolute Gasteiger partial charge is 0.481 e. The van der Waals surface area contributed by atoms with Crippen LogP contribution >= 0.6 is 11.6 Å². The number of carboxylic acids is 1. The molecule has 8 heteroatoms. The van der Waals surface area contributed by atoms with E-state index in [1.807, 2.05) is 6.92 Å². The second-order valence-corrected chi connectivity index (χ2v) is 6.08. The fraction of sp³-hybridized carbons (Fsp3) is 0.412. The number of nitrogens with one attached hydrogen (secondary N) is 1. The number of carbonyl (C=O) groups excluding carboxylic acids is 1. The van der Waals surface area contributed by atoms with Gasteiger partial charge in [0.25, 0.3) is 0 Å². The average Bonchev–Trinajstić information content (AvgIpc) is 3.06. The average molecular weight is 366 g/mol. The van der Waals surface area contributed by atoms with Crippen LogP contribution in [0.3, 0.4) is 0 Å². The van der Waals surface area contributed by atoms with Gasteiger partial charge in [-0.3, -0.25) is 9.59 Å². The van der Waals surface area contributed by atoms with Gasteiger partial charge in [-0.05, 0) is 30.7 Å². The first-order valence-electron chi connectivity index (χ1n) is 8.07. The first-order valence-corrected chi connectivity index (χ1v) is 8.45. The van der Waals surface area contributed by atoms with Gasteiger partial charge in [-0.1, -0.05) is 30.1 Å². The monoisotopic (exact) mass is 365 g/mol. The summed E-state index contributed by atoms with van der Waals surface area (Å²) >= 11 is 5.83. The van der Waals surface area contributed by atoms with Crippen LogP contribution in [-0.4, -0.2) is 33.7 Å². The number of amides is 1. The number of carbonyl (C=O) groups is 2. The molecule has 1 aromatic carbocycles. The number of aliphatic carboxylic acids is 1. The van der Waals surface area contributed by atoms with Crippen molar-refractivity contribution in [2.45, 2.75) is 32.6 Å². The highest BCUT2D eigenvalue weighted by Gasteiger charge is 2.17. The summed E-state index contributed by atoms with van der Waals surface area (Å²) in [6.45, 7) is 2.04. The zero-order valence-electron chi connectivity index (χ0n) is 13.9. The van der Waals surface area contributed by atoms with E-state index < -0.39 is 11.9 Å². The summed E-state index contributed by atoms with van der Waals surface area (Å²) in [5, 5.41) is 16.2. The van der Waals surface area contributed by atoms with Gasteiger partial charge in [0.15, 0.2) is 0 Å². The molecule has 2 aromatic rings. The molecule has 0 bridgehead atoms. The van der Waals surface area contributed by atoms with Gasteiger partial charge in [0, 0.05) is 30.0 Å². The third-order valence-corrected chi connectivity index (χ3v) is 3.92. The number of hydrogen-bond acceptors (Lipinski definition) is 5. The Morgan fingerprint density at radius 3 is 2.68 bits per heavy atom. The lowest BCUT2D eigenvalue weighted by molar-refractivity contribution is -0.141. The maximum atomic E-state index is 11.9. The minimum Gasteiger partial charge on any atom is -0.481 e. The molecule has 1 aromatic heterocycles. The van der Waals surface area contributed by atoms with Crippen LogP contribution in [0.4, 0.5) is 0 Å². The number of aryl methyl sites for hydroxylation is 1. The molecule has 0 aliphatic heterocycles. The molecule has 0 saturated heterocycles. The lowest BCUT2D eigenvalue weighted by atomic mass is 10.0. The van der Waals surface area contributed by atoms with Gasteiger partial charge in [-0.2, -0.15) is 4.98 Å². The molecule has 25 heavy (non-hydrogen) atoms. The summed E-state index contributed by atoms with van der Waals surface area (Å²) in [5.41, 5.74) is 0.771. The summed E-state index contributed by atoms with van der Waals surface area (Å²) in [6.07, 6.45) is 1.73. The number of halogens is 1. The maximum Gasteiger partial charge on any atom is 0.308 e. The van der Waals surface area contributed by atoms with Gasteiger partial charge >= 0.3 is 5.97 Å². The highest BCUT2D eigenvalue weighted by atomic mass is 35.5. The predicted molar refractivity (Wildman–Crippen MR) is 92.1 cm³/mol. The Hall–Kier alpha value is -2.41. The molecule has 0 aliphatic rings. The van der Waals surface area contributed by atoms with E-state index in [2.05, 4.69) is 15.5 Å². The number of benzene rings is 1. The Morgan fingerprint density at radius 2 is 2.04 bits per heavy atom. The summed E-state index contributed by atoms with van der Waals surface area (Å²) in [4.78, 5) is 27.1. The van der Waals surface area contributed by atoms with Crippen LogP contribution in [0.5, 0.6) is 0 Å². The van der Waals surface area contributed by atoms with Crippen molar-refractivity contribution < 1.29 is 19.2 Å². The normalized spacial score (nSPS) is 11.9. The summed E-state index contributed by atoms with van der Waals surface area (Å²) in [7, 11) is 0. The number of aromatic nitrogens is 2. The number of nitrogens with zero attached hydrogens (tertiary/aromatic N) is 2. The fourth-order valence-corrected chi connectivity index (χ4v) is 2.41. The van der Waals surface area contributed by atoms with E-state index in [1.165, 1.54) is 0 Å². The Bertz CT molecular complexity index is 715. The first kappa shape index (κ1) is 18.9. The molecule has 0 fully saturated rings. The fourth-order valence-electron chi connectivity index (χ4n) is 2.28. The van der Waals surface area contributed by atoms with Gasteiger partial charge in [0.05, 0.1) is 5.92 Å². The third-order valence-electron chi connectivity index (χ3n) is 3.67. The topological polar surface area (TPSA) is 105 Å². The molecule has 1 amide bonds. The standard InChI is InChI=1S/C17H20ClN3O4/c1-2-3-12(17(23)24)10-19-14(22)8-9-15-20-16(21-25-15)11-4-6-13(18)7-5-11/h4-7,12H,2-3,8-10H2,1H3,(H,19,22)(H,23,24). The van der Waals surface area contributed by atoms with E-state index in [-0.39, 0.29) is 25.3 Å². The molecule has 1 heterocycles. The van der Waals surface area contributed by atoms with Crippen LogP contribution in [-0.2, 0) is 16.0 Å². The van der Waals surface area contributed by atoms with Crippen molar-refractivity contribution in [2.24, 2.45) is 5.92 Å². The molecule has 7 nitrogen and oxygen atoms in total. The van der Waals surface area contributed by atoms with Crippen molar-refractivity contribution >= 4 is 23.5 Å². The molecule has 0 aliphatic carbocycles. The van der Waals surface area contributed by atoms with Crippen molar-refractivity contribution in [1.29, 1.82) is 0 Å². The van der Waals surface area contributed by atoms with Crippen LogP contribution < -0.4 is 5.32 Å². The molecule has 0 spiro atoms. The van der Waals surface area contributed by atoms with Crippen LogP contribution in [0.1, 0.15) is 32.1 Å². The van der Waals surface area contributed by atoms with E-state index in [4.69, 9.17) is 21.2 Å². The van der Waals surface area contributed by atoms with Crippen molar-refractivity contribution in [3.05, 3.63) is 35.2 Å². The second kappa shape index (κ2) is 9.17. The van der Waals surface area contributed by atoms with Gasteiger partial charge in [-0.25, -0.2) is 0 Å². The van der Waals surface area contributed by atoms with Crippen LogP contribution in [0.15, 0.2) is 28.8 Å². The second-order valence-electron chi connectivity index (χ2n) is 5.65. The number of hydrogen-bond donors (Lipinski definition) is 2. The number of rotatable bonds is 9. The predicted octanol–water partition coefficient (Wildman–Crippen LogP) is 2.94. The van der Waals surface area contributed by atoms with Gasteiger partial charge in [0.2, 0.25) is 17.6 Å². The summed E-state index contributed by atoms with van der Waals surface area (Å²) in [6, 6.07) is 7.03. The SMILES string of the molecule is CCCC(CNC(=O)CCc1nc(-c2ccc(Cl)cc2)no1)C(=O)O. The minimum atomic E-state index is -0.897. The lowest BCUT2D eigenvalue weighted by Crippen LogP contribution is -2.33. The Labute approximate surface area is 150 Å². The molecular weight excluding hydrogens is 346 g/mol. The van der Waals surface area contributed by atoms with Crippen molar-refractivity contribution in [2.75, 3.05) is 6.54 Å². The van der Waals surface area contributed by atoms with Gasteiger partial charge in [-0.15, -0.1) is 0 Å². The molecule has 2 N–H and O–H groups in total. The maximum absolute atomic E-state index is 11.9. The van der Waals surface area contributed by atoms with Crippen molar-refractivity contribution in [3.8, 4) is 11.4 Å². The van der Waals surface area contributed by atoms with Gasteiger partial charge < -0.3 is 14.9 Å².